The largest absolute Gasteiger partial charge is 0.478 e. The molecular weight excluding hydrogens is 218 g/mol. The number of carboxylic acid groups (broad SMARTS) is 1. The maximum absolute atomic E-state index is 10.8. The lowest BCUT2D eigenvalue weighted by Crippen LogP contribution is -2.37. The van der Waals surface area contributed by atoms with Crippen LogP contribution in [-0.4, -0.2) is 34.1 Å². The van der Waals surface area contributed by atoms with E-state index >= 15 is 0 Å². The zero-order chi connectivity index (χ0) is 11.8. The first-order valence-corrected chi connectivity index (χ1v) is 5.48. The predicted octanol–water partition coefficient (Wildman–Crippen LogP) is 1.54. The maximum Gasteiger partial charge on any atom is 0.337 e. The zero-order valence-corrected chi connectivity index (χ0v) is 9.13. The molecule has 0 atom stereocenters. The average Bonchev–Trinajstić information content (AvgIpc) is 2.26. The first-order valence-electron chi connectivity index (χ1n) is 5.48. The molecule has 3 rings (SSSR count). The Kier molecular flexibility index (Phi) is 2.18. The standard InChI is InChI=1S/C12H11N3O2/c16-12(17)9-4-8-6-14-11(15-2-1-3-15)5-10(8)13-7-9/h4-7H,1-3H2,(H,16,17). The van der Waals surface area contributed by atoms with Gasteiger partial charge in [-0.3, -0.25) is 4.98 Å². The Labute approximate surface area is 97.7 Å². The van der Waals surface area contributed by atoms with E-state index in [1.807, 2.05) is 6.07 Å². The minimum Gasteiger partial charge on any atom is -0.478 e. The van der Waals surface area contributed by atoms with Gasteiger partial charge in [-0.25, -0.2) is 9.78 Å². The fraction of sp³-hybridized carbons (Fsp3) is 0.250. The predicted molar refractivity (Wildman–Crippen MR) is 63.3 cm³/mol. The number of aromatic carboxylic acids is 1. The molecule has 1 aliphatic heterocycles. The molecule has 2 aromatic heterocycles. The van der Waals surface area contributed by atoms with Crippen molar-refractivity contribution in [2.45, 2.75) is 6.42 Å². The molecule has 17 heavy (non-hydrogen) atoms. The minimum absolute atomic E-state index is 0.191. The number of nitrogens with zero attached hydrogens (tertiary/aromatic N) is 3. The number of pyridine rings is 2. The van der Waals surface area contributed by atoms with Gasteiger partial charge in [-0.15, -0.1) is 0 Å². The number of anilines is 1. The van der Waals surface area contributed by atoms with Crippen molar-refractivity contribution >= 4 is 22.7 Å². The molecule has 2 aromatic rings. The molecule has 0 amide bonds. The SMILES string of the molecule is O=C(O)c1cnc2cc(N3CCC3)ncc2c1. The topological polar surface area (TPSA) is 66.3 Å². The van der Waals surface area contributed by atoms with E-state index in [0.29, 0.717) is 0 Å². The number of aromatic nitrogens is 2. The van der Waals surface area contributed by atoms with Gasteiger partial charge >= 0.3 is 5.97 Å². The molecule has 86 valence electrons. The Bertz CT molecular complexity index is 593. The van der Waals surface area contributed by atoms with Gasteiger partial charge in [0.05, 0.1) is 11.1 Å². The van der Waals surface area contributed by atoms with Gasteiger partial charge in [0.25, 0.3) is 0 Å². The fourth-order valence-electron chi connectivity index (χ4n) is 1.85. The van der Waals surface area contributed by atoms with E-state index in [0.717, 1.165) is 29.8 Å². The summed E-state index contributed by atoms with van der Waals surface area (Å²) in [7, 11) is 0. The van der Waals surface area contributed by atoms with Crippen molar-refractivity contribution < 1.29 is 9.90 Å². The number of rotatable bonds is 2. The van der Waals surface area contributed by atoms with E-state index in [2.05, 4.69) is 14.9 Å². The summed E-state index contributed by atoms with van der Waals surface area (Å²) in [4.78, 5) is 21.5. The number of carbonyl (C=O) groups is 1. The first kappa shape index (κ1) is 10.0. The summed E-state index contributed by atoms with van der Waals surface area (Å²) in [6.07, 6.45) is 4.26. The highest BCUT2D eigenvalue weighted by Gasteiger charge is 2.16. The summed E-state index contributed by atoms with van der Waals surface area (Å²) < 4.78 is 0. The lowest BCUT2D eigenvalue weighted by molar-refractivity contribution is 0.0696. The Morgan fingerprint density at radius 1 is 1.24 bits per heavy atom. The summed E-state index contributed by atoms with van der Waals surface area (Å²) >= 11 is 0. The Morgan fingerprint density at radius 3 is 2.71 bits per heavy atom. The third-order valence-electron chi connectivity index (χ3n) is 2.98. The van der Waals surface area contributed by atoms with Crippen LogP contribution in [0, 0.1) is 0 Å². The van der Waals surface area contributed by atoms with Crippen molar-refractivity contribution in [3.05, 3.63) is 30.1 Å². The van der Waals surface area contributed by atoms with Gasteiger partial charge in [-0.05, 0) is 12.5 Å². The van der Waals surface area contributed by atoms with Crippen LogP contribution in [0.15, 0.2) is 24.5 Å². The molecule has 3 heterocycles. The second-order valence-corrected chi connectivity index (χ2v) is 4.10. The summed E-state index contributed by atoms with van der Waals surface area (Å²) in [6.45, 7) is 2.07. The normalized spacial score (nSPS) is 14.7. The Hall–Kier alpha value is -2.17. The molecule has 0 radical (unpaired) electrons. The smallest absolute Gasteiger partial charge is 0.337 e. The molecule has 1 N–H and O–H groups in total. The second-order valence-electron chi connectivity index (χ2n) is 4.10. The van der Waals surface area contributed by atoms with Gasteiger partial charge in [-0.1, -0.05) is 0 Å². The van der Waals surface area contributed by atoms with Crippen LogP contribution in [0.5, 0.6) is 0 Å². The molecule has 0 aromatic carbocycles. The van der Waals surface area contributed by atoms with Crippen LogP contribution in [0.1, 0.15) is 16.8 Å². The average molecular weight is 229 g/mol. The molecule has 0 saturated carbocycles. The molecule has 0 spiro atoms. The summed E-state index contributed by atoms with van der Waals surface area (Å²) in [5.74, 6) is -0.0504. The molecule has 0 bridgehead atoms. The highest BCUT2D eigenvalue weighted by atomic mass is 16.4. The summed E-state index contributed by atoms with van der Waals surface area (Å²) in [6, 6.07) is 3.50. The highest BCUT2D eigenvalue weighted by molar-refractivity contribution is 5.92. The van der Waals surface area contributed by atoms with Crippen LogP contribution >= 0.6 is 0 Å². The molecule has 5 nitrogen and oxygen atoms in total. The van der Waals surface area contributed by atoms with Gasteiger partial charge in [0.1, 0.15) is 5.82 Å². The Morgan fingerprint density at radius 2 is 2.06 bits per heavy atom. The van der Waals surface area contributed by atoms with Crippen LogP contribution in [0.25, 0.3) is 10.9 Å². The quantitative estimate of drug-likeness (QED) is 0.846. The van der Waals surface area contributed by atoms with Crippen LogP contribution in [0.4, 0.5) is 5.82 Å². The van der Waals surface area contributed by atoms with Crippen molar-refractivity contribution in [1.29, 1.82) is 0 Å². The van der Waals surface area contributed by atoms with E-state index in [-0.39, 0.29) is 5.56 Å². The lowest BCUT2D eigenvalue weighted by atomic mass is 10.2. The number of carboxylic acids is 1. The van der Waals surface area contributed by atoms with E-state index < -0.39 is 5.97 Å². The molecular formula is C12H11N3O2. The van der Waals surface area contributed by atoms with Crippen molar-refractivity contribution in [3.8, 4) is 0 Å². The lowest BCUT2D eigenvalue weighted by Gasteiger charge is -2.31. The van der Waals surface area contributed by atoms with Gasteiger partial charge in [0.2, 0.25) is 0 Å². The summed E-state index contributed by atoms with van der Waals surface area (Å²) in [5, 5.41) is 9.62. The van der Waals surface area contributed by atoms with E-state index in [4.69, 9.17) is 5.11 Å². The Balaban J connectivity index is 2.05. The van der Waals surface area contributed by atoms with Crippen LogP contribution in [0.2, 0.25) is 0 Å². The van der Waals surface area contributed by atoms with Gasteiger partial charge in [0.15, 0.2) is 0 Å². The minimum atomic E-state index is -0.966. The molecule has 0 aliphatic carbocycles. The van der Waals surface area contributed by atoms with Crippen LogP contribution in [0.3, 0.4) is 0 Å². The summed E-state index contributed by atoms with van der Waals surface area (Å²) in [5.41, 5.74) is 0.975. The third kappa shape index (κ3) is 1.69. The number of hydrogen-bond donors (Lipinski definition) is 1. The van der Waals surface area contributed by atoms with E-state index in [9.17, 15) is 4.79 Å². The van der Waals surface area contributed by atoms with Crippen LogP contribution in [-0.2, 0) is 0 Å². The van der Waals surface area contributed by atoms with Gasteiger partial charge in [0, 0.05) is 36.9 Å². The molecule has 1 saturated heterocycles. The van der Waals surface area contributed by atoms with Crippen molar-refractivity contribution in [2.75, 3.05) is 18.0 Å². The van der Waals surface area contributed by atoms with Gasteiger partial charge < -0.3 is 10.0 Å². The van der Waals surface area contributed by atoms with Crippen LogP contribution < -0.4 is 4.90 Å². The molecule has 0 unspecified atom stereocenters. The third-order valence-corrected chi connectivity index (χ3v) is 2.98. The van der Waals surface area contributed by atoms with E-state index in [1.165, 1.54) is 12.6 Å². The van der Waals surface area contributed by atoms with E-state index in [1.54, 1.807) is 12.3 Å². The molecule has 5 heteroatoms. The molecule has 1 fully saturated rings. The van der Waals surface area contributed by atoms with Crippen molar-refractivity contribution in [2.24, 2.45) is 0 Å². The van der Waals surface area contributed by atoms with Crippen molar-refractivity contribution in [3.63, 3.8) is 0 Å². The highest BCUT2D eigenvalue weighted by Crippen LogP contribution is 2.22. The zero-order valence-electron chi connectivity index (χ0n) is 9.13. The number of fused-ring (bicyclic) bond motifs is 1. The maximum atomic E-state index is 10.8. The first-order chi connectivity index (χ1) is 8.24. The number of hydrogen-bond acceptors (Lipinski definition) is 4. The van der Waals surface area contributed by atoms with Crippen molar-refractivity contribution in [1.82, 2.24) is 9.97 Å². The monoisotopic (exact) mass is 229 g/mol. The van der Waals surface area contributed by atoms with Gasteiger partial charge in [-0.2, -0.15) is 0 Å². The second kappa shape index (κ2) is 3.69. The molecule has 1 aliphatic rings. The fourth-order valence-corrected chi connectivity index (χ4v) is 1.85.